The van der Waals surface area contributed by atoms with Crippen LogP contribution in [0.25, 0.3) is 133 Å². The number of aromatic carboxylic acids is 8. The van der Waals surface area contributed by atoms with Crippen molar-refractivity contribution in [1.82, 2.24) is 19.9 Å². The first kappa shape index (κ1) is 54.4. The Morgan fingerprint density at radius 2 is 0.420 bits per heavy atom. The van der Waals surface area contributed by atoms with E-state index >= 15 is 0 Å². The molecule has 20 nitrogen and oxygen atoms in total. The summed E-state index contributed by atoms with van der Waals surface area (Å²) in [5.41, 5.74) is -0.999. The van der Waals surface area contributed by atoms with Crippen molar-refractivity contribution in [2.75, 3.05) is 0 Å². The first-order valence-corrected chi connectivity index (χ1v) is 26.6. The largest absolute Gasteiger partial charge is 0.478 e. The van der Waals surface area contributed by atoms with Crippen LogP contribution in [0.5, 0.6) is 0 Å². The van der Waals surface area contributed by atoms with Crippen LogP contribution >= 0.6 is 0 Å². The quantitative estimate of drug-likeness (QED) is 0.0543. The van der Waals surface area contributed by atoms with Gasteiger partial charge in [-0.05, 0) is 95.1 Å². The van der Waals surface area contributed by atoms with E-state index in [1.165, 1.54) is 48.5 Å². The van der Waals surface area contributed by atoms with Crippen molar-refractivity contribution in [3.63, 3.8) is 0 Å². The molecule has 4 heterocycles. The maximum absolute atomic E-state index is 13.1. The molecule has 0 amide bonds. The fraction of sp³-hybridized carbons (Fsp3) is 0. The number of carboxylic acid groups (broad SMARTS) is 8. The SMILES string of the molecule is O=C(O)c1cc(C(=O)O)cc(-c2c3nc(c(-c4cc(C(=O)O)cc(C(=O)O)c4)c4[nH]c(c(-c5cc(C(=O)O)cc(C(=O)O)c5)c5nc(c(-c6cc(C(=O)O)cc(C(=O)O)c6)c6[nH]c2c2ccccc62)-c2ccccc2-5)c2ccccc42)-c2ccccc2-3)c1. The van der Waals surface area contributed by atoms with Crippen molar-refractivity contribution >= 4 is 91.4 Å². The van der Waals surface area contributed by atoms with E-state index in [0.717, 1.165) is 24.3 Å². The van der Waals surface area contributed by atoms with Crippen LogP contribution in [0, 0.1) is 0 Å². The minimum absolute atomic E-state index is 0.00714. The first-order valence-electron chi connectivity index (χ1n) is 26.6. The van der Waals surface area contributed by atoms with E-state index < -0.39 is 92.3 Å². The zero-order valence-corrected chi connectivity index (χ0v) is 44.9. The van der Waals surface area contributed by atoms with Crippen LogP contribution in [-0.4, -0.2) is 109 Å². The molecule has 8 bridgehead atoms. The Kier molecular flexibility index (Phi) is 12.7. The zero-order valence-electron chi connectivity index (χ0n) is 44.9. The average Bonchev–Trinajstić information content (AvgIpc) is 3.81. The van der Waals surface area contributed by atoms with Gasteiger partial charge in [-0.15, -0.1) is 0 Å². The number of benzene rings is 8. The molecular formula is C68H38N4O16. The number of hydrogen-bond donors (Lipinski definition) is 10. The number of aromatic nitrogens is 4. The van der Waals surface area contributed by atoms with Gasteiger partial charge in [0.2, 0.25) is 0 Å². The predicted molar refractivity (Wildman–Crippen MR) is 322 cm³/mol. The summed E-state index contributed by atoms with van der Waals surface area (Å²) in [7, 11) is 0. The number of nitrogens with zero attached hydrogens (tertiary/aromatic N) is 2. The Hall–Kier alpha value is -12.8. The molecule has 0 radical (unpaired) electrons. The third-order valence-electron chi connectivity index (χ3n) is 15.6. The van der Waals surface area contributed by atoms with Gasteiger partial charge < -0.3 is 50.8 Å². The third kappa shape index (κ3) is 8.88. The van der Waals surface area contributed by atoms with Gasteiger partial charge in [-0.2, -0.15) is 0 Å². The second-order valence-electron chi connectivity index (χ2n) is 20.7. The molecule has 2 aliphatic heterocycles. The molecule has 1 aliphatic carbocycles. The minimum atomic E-state index is -1.49. The zero-order chi connectivity index (χ0) is 61.7. The summed E-state index contributed by atoms with van der Waals surface area (Å²) < 4.78 is 0. The van der Waals surface area contributed by atoms with Crippen molar-refractivity contribution < 1.29 is 79.2 Å². The Balaban J connectivity index is 1.42. The molecule has 10 N–H and O–H groups in total. The molecule has 0 fully saturated rings. The fourth-order valence-electron chi connectivity index (χ4n) is 11.8. The van der Waals surface area contributed by atoms with Crippen molar-refractivity contribution in [3.8, 4) is 89.5 Å². The van der Waals surface area contributed by atoms with Crippen LogP contribution in [0.2, 0.25) is 0 Å². The smallest absolute Gasteiger partial charge is 0.335 e. The summed E-state index contributed by atoms with van der Waals surface area (Å²) in [5.74, 6) is -11.9. The average molecular weight is 1170 g/mol. The van der Waals surface area contributed by atoms with Crippen LogP contribution in [0.4, 0.5) is 0 Å². The fourth-order valence-corrected chi connectivity index (χ4v) is 11.8. The van der Waals surface area contributed by atoms with E-state index in [9.17, 15) is 79.2 Å². The summed E-state index contributed by atoms with van der Waals surface area (Å²) >= 11 is 0. The van der Waals surface area contributed by atoms with E-state index in [1.54, 1.807) is 97.1 Å². The Morgan fingerprint density at radius 1 is 0.250 bits per heavy atom. The van der Waals surface area contributed by atoms with Gasteiger partial charge in [0, 0.05) is 66.1 Å². The maximum atomic E-state index is 13.1. The highest BCUT2D eigenvalue weighted by molar-refractivity contribution is 6.22. The third-order valence-corrected chi connectivity index (χ3v) is 15.6. The van der Waals surface area contributed by atoms with Crippen molar-refractivity contribution in [3.05, 3.63) is 214 Å². The topological polar surface area (TPSA) is 356 Å². The lowest BCUT2D eigenvalue weighted by molar-refractivity contribution is 0.0676. The second kappa shape index (κ2) is 20.5. The van der Waals surface area contributed by atoms with Crippen LogP contribution < -0.4 is 0 Å². The van der Waals surface area contributed by atoms with Crippen LogP contribution in [0.3, 0.4) is 0 Å². The van der Waals surface area contributed by atoms with E-state index in [0.29, 0.717) is 43.8 Å². The molecule has 88 heavy (non-hydrogen) atoms. The molecule has 0 unspecified atom stereocenters. The number of H-pyrrole nitrogens is 2. The normalized spacial score (nSPS) is 11.5. The van der Waals surface area contributed by atoms with Crippen LogP contribution in [0.15, 0.2) is 170 Å². The van der Waals surface area contributed by atoms with E-state index in [-0.39, 0.29) is 89.4 Å². The first-order chi connectivity index (χ1) is 42.2. The van der Waals surface area contributed by atoms with Crippen molar-refractivity contribution in [2.24, 2.45) is 0 Å². The molecule has 0 saturated carbocycles. The molecule has 2 aromatic heterocycles. The molecule has 0 atom stereocenters. The molecule has 0 spiro atoms. The lowest BCUT2D eigenvalue weighted by Gasteiger charge is -2.11. The molecule has 8 aromatic carbocycles. The van der Waals surface area contributed by atoms with Gasteiger partial charge in [-0.3, -0.25) is 0 Å². The standard InChI is InChI=1S/C68H38N4O16/c73-61(74)33-17-29(18-34(25-33)62(75)76)49-53-41-9-1-2-10-42(41)54(69-53)50(30-19-35(63(77)78)26-36(20-30)64(79)80)56-45-13-5-6-14-46(45)58(71-56)52(32-23-39(67(85)86)28-40(24-32)68(87)88)60-48-16-8-7-15-47(48)59(72-60)51(57-44-12-4-3-11-43(44)55(49)70-57)31-21-37(65(81)82)27-38(22-31)66(83)84/h1-28,69,72H,(H,73,74)(H,75,76)(H,77,78)(H,79,80)(H,81,82)(H,83,84)(H,85,86)(H,87,88). The number of nitrogens with one attached hydrogen (secondary N) is 2. The van der Waals surface area contributed by atoms with Gasteiger partial charge in [0.25, 0.3) is 0 Å². The minimum Gasteiger partial charge on any atom is -0.478 e. The van der Waals surface area contributed by atoms with E-state index in [4.69, 9.17) is 9.97 Å². The van der Waals surface area contributed by atoms with Crippen LogP contribution in [-0.2, 0) is 0 Å². The number of aromatic amines is 2. The Morgan fingerprint density at radius 3 is 0.591 bits per heavy atom. The second-order valence-corrected chi connectivity index (χ2v) is 20.7. The molecule has 426 valence electrons. The predicted octanol–water partition coefficient (Wildman–Crippen LogP) is 13.5. The molecule has 20 heteroatoms. The molecule has 10 aromatic rings. The lowest BCUT2D eigenvalue weighted by atomic mass is 9.91. The van der Waals surface area contributed by atoms with Gasteiger partial charge in [0.1, 0.15) is 0 Å². The summed E-state index contributed by atoms with van der Waals surface area (Å²) in [6.45, 7) is 0. The molecule has 0 saturated heterocycles. The molecular weight excluding hydrogens is 1130 g/mol. The van der Waals surface area contributed by atoms with Crippen molar-refractivity contribution in [2.45, 2.75) is 0 Å². The summed E-state index contributed by atoms with van der Waals surface area (Å²) in [6.07, 6.45) is 0. The Labute approximate surface area is 492 Å². The highest BCUT2D eigenvalue weighted by Gasteiger charge is 2.32. The highest BCUT2D eigenvalue weighted by Crippen LogP contribution is 2.52. The number of carboxylic acids is 8. The summed E-state index contributed by atoms with van der Waals surface area (Å²) in [4.78, 5) is 123. The highest BCUT2D eigenvalue weighted by atomic mass is 16.4. The van der Waals surface area contributed by atoms with E-state index in [1.807, 2.05) is 0 Å². The van der Waals surface area contributed by atoms with Gasteiger partial charge in [0.15, 0.2) is 0 Å². The summed E-state index contributed by atoms with van der Waals surface area (Å²) in [5, 5.41) is 86.7. The monoisotopic (exact) mass is 1170 g/mol. The number of hydrogen-bond acceptors (Lipinski definition) is 10. The number of carbonyl (C=O) groups is 8. The summed E-state index contributed by atoms with van der Waals surface area (Å²) in [6, 6.07) is 41.1. The number of rotatable bonds is 12. The van der Waals surface area contributed by atoms with Crippen LogP contribution in [0.1, 0.15) is 82.9 Å². The van der Waals surface area contributed by atoms with Gasteiger partial charge in [-0.25, -0.2) is 48.3 Å². The molecule has 13 rings (SSSR count). The maximum Gasteiger partial charge on any atom is 0.335 e. The molecule has 3 aliphatic rings. The van der Waals surface area contributed by atoms with Gasteiger partial charge in [0.05, 0.1) is 89.4 Å². The van der Waals surface area contributed by atoms with Gasteiger partial charge in [-0.1, -0.05) is 97.1 Å². The van der Waals surface area contributed by atoms with E-state index in [2.05, 4.69) is 9.97 Å². The Bertz CT molecular complexity index is 4500. The van der Waals surface area contributed by atoms with Crippen molar-refractivity contribution in [1.29, 1.82) is 0 Å². The lowest BCUT2D eigenvalue weighted by Crippen LogP contribution is -2.03. The van der Waals surface area contributed by atoms with Gasteiger partial charge >= 0.3 is 47.8 Å².